The van der Waals surface area contributed by atoms with Crippen molar-refractivity contribution in [2.24, 2.45) is 10.4 Å². The third kappa shape index (κ3) is 27.6. The second-order valence-corrected chi connectivity index (χ2v) is 6.99. The largest absolute Gasteiger partial charge is 0.437 e. The van der Waals surface area contributed by atoms with E-state index in [1.807, 2.05) is 13.6 Å². The molecule has 0 spiro atoms. The Morgan fingerprint density at radius 1 is 0.903 bits per heavy atom. The van der Waals surface area contributed by atoms with Crippen LogP contribution >= 0.6 is 8.38 Å². The minimum absolute atomic E-state index is 0.328. The average Bonchev–Trinajstić information content (AvgIpc) is 2.87. The molecule has 0 rings (SSSR count). The Hall–Kier alpha value is -0.380. The van der Waals surface area contributed by atoms with Crippen molar-refractivity contribution in [2.45, 2.75) is 46.9 Å². The number of ether oxygens (including phenoxy) is 3. The van der Waals surface area contributed by atoms with Crippen LogP contribution in [0.5, 0.6) is 0 Å². The van der Waals surface area contributed by atoms with E-state index in [-0.39, 0.29) is 0 Å². The van der Waals surface area contributed by atoms with Gasteiger partial charge in [0.25, 0.3) is 0 Å². The molecule has 0 bridgehead atoms. The maximum absolute atomic E-state index is 7.25. The maximum atomic E-state index is 7.25. The topological polar surface area (TPSA) is 119 Å². The molecule has 1 unspecified atom stereocenters. The van der Waals surface area contributed by atoms with Crippen LogP contribution < -0.4 is 0 Å². The Bertz CT molecular complexity index is 391. The van der Waals surface area contributed by atoms with E-state index in [0.717, 1.165) is 0 Å². The molecule has 9 nitrogen and oxygen atoms in total. The summed E-state index contributed by atoms with van der Waals surface area (Å²) in [6, 6.07) is 0. The van der Waals surface area contributed by atoms with Gasteiger partial charge in [-0.15, -0.1) is 0 Å². The van der Waals surface area contributed by atoms with E-state index >= 15 is 0 Å². The van der Waals surface area contributed by atoms with Gasteiger partial charge in [0.05, 0.1) is 31.8 Å². The lowest BCUT2D eigenvalue weighted by atomic mass is 9.92. The summed E-state index contributed by atoms with van der Waals surface area (Å²) in [5, 5.41) is 10.5. The third-order valence-corrected chi connectivity index (χ3v) is 3.98. The van der Waals surface area contributed by atoms with E-state index in [1.54, 1.807) is 0 Å². The average molecular weight is 485 g/mol. The van der Waals surface area contributed by atoms with E-state index in [9.17, 15) is 0 Å². The van der Waals surface area contributed by atoms with Crippen LogP contribution in [0.15, 0.2) is 4.99 Å². The summed E-state index contributed by atoms with van der Waals surface area (Å²) in [6.45, 7) is 8.47. The van der Waals surface area contributed by atoms with Gasteiger partial charge in [0.15, 0.2) is 6.40 Å². The van der Waals surface area contributed by atoms with Crippen LogP contribution in [0.1, 0.15) is 51.0 Å². The van der Waals surface area contributed by atoms with Crippen LogP contribution in [0, 0.1) is 5.41 Å². The zero-order valence-corrected chi connectivity index (χ0v) is 21.0. The van der Waals surface area contributed by atoms with Crippen LogP contribution in [0.4, 0.5) is 0 Å². The lowest BCUT2D eigenvalue weighted by Gasteiger charge is -2.33. The van der Waals surface area contributed by atoms with E-state index in [2.05, 4.69) is 20.3 Å². The number of aliphatic imine (C=N–C) groups is 1. The molecule has 0 aromatic rings. The number of nitrogens with zero attached hydrogens (tertiary/aromatic N) is 1. The Morgan fingerprint density at radius 3 is 1.68 bits per heavy atom. The van der Waals surface area contributed by atoms with Crippen LogP contribution in [0.3, 0.4) is 0 Å². The van der Waals surface area contributed by atoms with Gasteiger partial charge in [-0.05, 0) is 26.2 Å². The predicted molar refractivity (Wildman–Crippen MR) is 129 cm³/mol. The quantitative estimate of drug-likeness (QED) is 0.118. The molecule has 0 aliphatic carbocycles. The highest BCUT2D eigenvalue weighted by atomic mass is 31.2. The lowest BCUT2D eigenvalue weighted by Crippen LogP contribution is -2.41. The molecular weight excluding hydrogens is 425 g/mol. The zero-order chi connectivity index (χ0) is 29.0. The second kappa shape index (κ2) is 34.2. The summed E-state index contributed by atoms with van der Waals surface area (Å²) in [5.41, 5.74) is -0.506. The maximum Gasteiger partial charge on any atom is 0.228 e. The molecule has 1 atom stereocenters. The highest BCUT2D eigenvalue weighted by Crippen LogP contribution is 2.35. The van der Waals surface area contributed by atoms with Crippen LogP contribution in [0.25, 0.3) is 0 Å². The molecule has 0 heterocycles. The lowest BCUT2D eigenvalue weighted by molar-refractivity contribution is -0.0875. The second-order valence-electron chi connectivity index (χ2n) is 5.64. The molecule has 0 aromatic carbocycles. The number of hydrogen-bond donors (Lipinski definition) is 3. The van der Waals surface area contributed by atoms with Gasteiger partial charge in [0, 0.05) is 58.5 Å². The smallest absolute Gasteiger partial charge is 0.228 e. The summed E-state index contributed by atoms with van der Waals surface area (Å²) in [6.07, 6.45) is 3.45. The van der Waals surface area contributed by atoms with Gasteiger partial charge < -0.3 is 38.6 Å². The van der Waals surface area contributed by atoms with E-state index in [1.165, 1.54) is 27.7 Å². The van der Waals surface area contributed by atoms with Crippen molar-refractivity contribution >= 4 is 14.8 Å². The van der Waals surface area contributed by atoms with Gasteiger partial charge in [-0.3, -0.25) is 4.99 Å². The molecule has 0 aromatic heterocycles. The number of rotatable bonds is 18. The molecule has 10 heteroatoms. The highest BCUT2D eigenvalue weighted by molar-refractivity contribution is 7.46. The molecular formula is C21H50NO8P. The van der Waals surface area contributed by atoms with Gasteiger partial charge in [-0.25, -0.2) is 0 Å². The normalized spacial score (nSPS) is 14.0. The Labute approximate surface area is 200 Å². The first-order chi connectivity index (χ1) is 17.9. The third-order valence-electron chi connectivity index (χ3n) is 3.10. The van der Waals surface area contributed by atoms with E-state index in [4.69, 9.17) is 31.7 Å². The van der Waals surface area contributed by atoms with Gasteiger partial charge in [0.2, 0.25) is 12.7 Å². The first-order valence-electron chi connectivity index (χ1n) is 13.3. The monoisotopic (exact) mass is 484 g/mol. The van der Waals surface area contributed by atoms with Gasteiger partial charge in [-0.2, -0.15) is 0 Å². The minimum Gasteiger partial charge on any atom is -0.437 e. The molecule has 3 N–H and O–H groups in total. The van der Waals surface area contributed by atoms with Crippen LogP contribution in [0.2, 0.25) is 0 Å². The Morgan fingerprint density at radius 2 is 1.32 bits per heavy atom. The molecule has 31 heavy (non-hydrogen) atoms. The van der Waals surface area contributed by atoms with Crippen molar-refractivity contribution in [1.29, 1.82) is 4.29 Å². The summed E-state index contributed by atoms with van der Waals surface area (Å²) in [7, 11) is 2.75. The van der Waals surface area contributed by atoms with E-state index < -0.39 is 13.8 Å². The molecule has 0 saturated heterocycles. The Kier molecular flexibility index (Phi) is 27.9. The molecule has 0 fully saturated rings. The molecule has 0 saturated carbocycles. The molecule has 0 amide bonds. The Balaban J connectivity index is -0.000000524. The number of aliphatic hydroxyl groups excluding tert-OH is 3. The fraction of sp³-hybridized carbons (Fsp3) is 0.952. The van der Waals surface area contributed by atoms with Crippen molar-refractivity contribution in [3.8, 4) is 0 Å². The van der Waals surface area contributed by atoms with Crippen molar-refractivity contribution < 1.29 is 42.7 Å². The number of aliphatic hydroxyl groups is 3. The SMILES string of the molecule is [2H]CCCOCC(COCCC[2H])(COCCC[2H])COP(C)OC=NCC.[3H]OC.[3H]OC.[3H]OC. The highest BCUT2D eigenvalue weighted by Gasteiger charge is 2.33. The van der Waals surface area contributed by atoms with Crippen LogP contribution in [-0.4, -0.2) is 107 Å². The molecule has 0 radical (unpaired) electrons. The van der Waals surface area contributed by atoms with Crippen molar-refractivity contribution in [3.63, 3.8) is 0 Å². The molecule has 0 aliphatic heterocycles. The first-order valence-corrected chi connectivity index (χ1v) is 11.6. The van der Waals surface area contributed by atoms with Gasteiger partial charge in [0.1, 0.15) is 0 Å². The first kappa shape index (κ1) is 25.2. The molecule has 192 valence electrons. The van der Waals surface area contributed by atoms with Crippen molar-refractivity contribution in [2.75, 3.05) is 80.8 Å². The van der Waals surface area contributed by atoms with Crippen LogP contribution in [-0.2, 0) is 23.3 Å². The minimum atomic E-state index is -1.13. The standard InChI is InChI=1S/C18H38NO5P.3CH4O/c1-6-10-20-13-18(14-21-11-7-2,15-22-12-8-3)16-23-25(5)24-17-19-9-4;3*1-2/h17H,6-16H2,1-5H3;3*2H,1H3/i1D,2D,3D;3*2T. The summed E-state index contributed by atoms with van der Waals surface area (Å²) < 4.78 is 67.6. The number of hydrogen-bond acceptors (Lipinski definition) is 9. The van der Waals surface area contributed by atoms with E-state index in [0.29, 0.717) is 92.8 Å². The predicted octanol–water partition coefficient (Wildman–Crippen LogP) is 3.10. The van der Waals surface area contributed by atoms with Gasteiger partial charge >= 0.3 is 0 Å². The van der Waals surface area contributed by atoms with Crippen molar-refractivity contribution in [3.05, 3.63) is 0 Å². The summed E-state index contributed by atoms with van der Waals surface area (Å²) in [5.74, 6) is 0. The summed E-state index contributed by atoms with van der Waals surface area (Å²) >= 11 is 0. The van der Waals surface area contributed by atoms with Gasteiger partial charge in [-0.1, -0.05) is 20.7 Å². The fourth-order valence-electron chi connectivity index (χ4n) is 1.85. The fourth-order valence-corrected chi connectivity index (χ4v) is 2.57. The zero-order valence-electron chi connectivity index (χ0n) is 26.1. The molecule has 0 aliphatic rings. The van der Waals surface area contributed by atoms with Crippen molar-refractivity contribution in [1.82, 2.24) is 0 Å². The summed E-state index contributed by atoms with van der Waals surface area (Å²) in [4.78, 5) is 4.03.